The van der Waals surface area contributed by atoms with Crippen molar-refractivity contribution < 1.29 is 4.74 Å². The highest BCUT2D eigenvalue weighted by molar-refractivity contribution is 6.30. The lowest BCUT2D eigenvalue weighted by atomic mass is 10.0. The smallest absolute Gasteiger partial charge is 0.131 e. The summed E-state index contributed by atoms with van der Waals surface area (Å²) in [6, 6.07) is 8.49. The minimum absolute atomic E-state index is 0.302. The fourth-order valence-corrected chi connectivity index (χ4v) is 2.90. The van der Waals surface area contributed by atoms with E-state index in [2.05, 4.69) is 16.5 Å². The highest BCUT2D eigenvalue weighted by atomic mass is 35.5. The molecule has 1 aliphatic heterocycles. The van der Waals surface area contributed by atoms with Crippen LogP contribution in [0.4, 0.5) is 0 Å². The molecule has 0 amide bonds. The molecule has 1 N–H and O–H groups in total. The van der Waals surface area contributed by atoms with Crippen molar-refractivity contribution >= 4 is 11.6 Å². The van der Waals surface area contributed by atoms with Crippen LogP contribution in [0.1, 0.15) is 29.3 Å². The Balaban J connectivity index is 1.77. The summed E-state index contributed by atoms with van der Waals surface area (Å²) in [6.45, 7) is 3.45. The van der Waals surface area contributed by atoms with Gasteiger partial charge in [0.2, 0.25) is 0 Å². The summed E-state index contributed by atoms with van der Waals surface area (Å²) >= 11 is 6.27. The van der Waals surface area contributed by atoms with Gasteiger partial charge in [-0.3, -0.25) is 4.68 Å². The van der Waals surface area contributed by atoms with E-state index in [0.29, 0.717) is 11.2 Å². The third-order valence-corrected chi connectivity index (χ3v) is 4.23. The number of aromatic nitrogens is 2. The molecule has 0 unspecified atom stereocenters. The van der Waals surface area contributed by atoms with Gasteiger partial charge >= 0.3 is 0 Å². The summed E-state index contributed by atoms with van der Waals surface area (Å²) in [5.41, 5.74) is 3.26. The maximum absolute atomic E-state index is 6.27. The van der Waals surface area contributed by atoms with Crippen LogP contribution in [-0.2, 0) is 13.6 Å². The number of ether oxygens (including phenoxy) is 1. The molecule has 1 aromatic heterocycles. The third kappa shape index (κ3) is 2.41. The van der Waals surface area contributed by atoms with E-state index in [1.165, 1.54) is 5.56 Å². The Hall–Kier alpha value is -1.52. The van der Waals surface area contributed by atoms with Crippen LogP contribution < -0.4 is 10.1 Å². The standard InChI is InChI=1S/C15H18ClN3O/c1-10-12(15(16)19(2)18-10)9-17-13-7-8-20-14-6-4-3-5-11(13)14/h3-6,13,17H,7-9H2,1-2H3/t13-/m1/s1. The van der Waals surface area contributed by atoms with Crippen LogP contribution in [0.3, 0.4) is 0 Å². The zero-order valence-corrected chi connectivity index (χ0v) is 12.4. The third-order valence-electron chi connectivity index (χ3n) is 3.75. The average molecular weight is 292 g/mol. The van der Waals surface area contributed by atoms with E-state index in [-0.39, 0.29) is 0 Å². The van der Waals surface area contributed by atoms with Gasteiger partial charge < -0.3 is 10.1 Å². The Labute approximate surface area is 123 Å². The zero-order chi connectivity index (χ0) is 14.1. The van der Waals surface area contributed by atoms with Crippen LogP contribution in [-0.4, -0.2) is 16.4 Å². The van der Waals surface area contributed by atoms with Gasteiger partial charge in [0, 0.05) is 37.2 Å². The topological polar surface area (TPSA) is 39.1 Å². The van der Waals surface area contributed by atoms with Crippen molar-refractivity contribution in [2.45, 2.75) is 25.9 Å². The van der Waals surface area contributed by atoms with Crippen LogP contribution in [0.15, 0.2) is 24.3 Å². The maximum Gasteiger partial charge on any atom is 0.131 e. The largest absolute Gasteiger partial charge is 0.493 e. The molecule has 2 aromatic rings. The lowest BCUT2D eigenvalue weighted by Crippen LogP contribution is -2.26. The van der Waals surface area contributed by atoms with Crippen molar-refractivity contribution in [3.63, 3.8) is 0 Å². The molecule has 0 saturated carbocycles. The maximum atomic E-state index is 6.27. The van der Waals surface area contributed by atoms with Crippen molar-refractivity contribution in [2.75, 3.05) is 6.61 Å². The van der Waals surface area contributed by atoms with Crippen molar-refractivity contribution in [3.8, 4) is 5.75 Å². The Morgan fingerprint density at radius 1 is 1.45 bits per heavy atom. The second kappa shape index (κ2) is 5.46. The summed E-state index contributed by atoms with van der Waals surface area (Å²) in [7, 11) is 1.86. The number of aryl methyl sites for hydroxylation is 2. The van der Waals surface area contributed by atoms with Crippen LogP contribution in [0.2, 0.25) is 5.15 Å². The highest BCUT2D eigenvalue weighted by Crippen LogP contribution is 2.32. The fourth-order valence-electron chi connectivity index (χ4n) is 2.65. The molecule has 2 heterocycles. The Morgan fingerprint density at radius 3 is 3.00 bits per heavy atom. The molecule has 0 aliphatic carbocycles. The first-order valence-electron chi connectivity index (χ1n) is 6.80. The molecule has 1 aromatic carbocycles. The second-order valence-electron chi connectivity index (χ2n) is 5.09. The van der Waals surface area contributed by atoms with E-state index in [4.69, 9.17) is 16.3 Å². The highest BCUT2D eigenvalue weighted by Gasteiger charge is 2.21. The number of hydrogen-bond donors (Lipinski definition) is 1. The van der Waals surface area contributed by atoms with Gasteiger partial charge in [-0.25, -0.2) is 0 Å². The van der Waals surface area contributed by atoms with Crippen molar-refractivity contribution in [3.05, 3.63) is 46.2 Å². The molecule has 5 heteroatoms. The minimum Gasteiger partial charge on any atom is -0.493 e. The number of benzene rings is 1. The quantitative estimate of drug-likeness (QED) is 0.945. The van der Waals surface area contributed by atoms with Crippen molar-refractivity contribution in [1.29, 1.82) is 0 Å². The fraction of sp³-hybridized carbons (Fsp3) is 0.400. The molecule has 20 heavy (non-hydrogen) atoms. The van der Waals surface area contributed by atoms with Gasteiger partial charge in [-0.2, -0.15) is 5.10 Å². The number of halogens is 1. The molecule has 0 saturated heterocycles. The lowest BCUT2D eigenvalue weighted by molar-refractivity contribution is 0.252. The molecular weight excluding hydrogens is 274 g/mol. The molecule has 1 aliphatic rings. The summed E-state index contributed by atoms with van der Waals surface area (Å²) in [6.07, 6.45) is 0.966. The van der Waals surface area contributed by atoms with Crippen molar-refractivity contribution in [1.82, 2.24) is 15.1 Å². The van der Waals surface area contributed by atoms with E-state index in [9.17, 15) is 0 Å². The van der Waals surface area contributed by atoms with Gasteiger partial charge in [0.25, 0.3) is 0 Å². The molecule has 1 atom stereocenters. The van der Waals surface area contributed by atoms with Crippen LogP contribution >= 0.6 is 11.6 Å². The van der Waals surface area contributed by atoms with E-state index in [0.717, 1.165) is 36.6 Å². The normalized spacial score (nSPS) is 17.6. The summed E-state index contributed by atoms with van der Waals surface area (Å²) in [4.78, 5) is 0. The molecule has 0 bridgehead atoms. The molecule has 0 fully saturated rings. The Kier molecular flexibility index (Phi) is 3.68. The summed E-state index contributed by atoms with van der Waals surface area (Å²) in [5.74, 6) is 0.977. The van der Waals surface area contributed by atoms with E-state index < -0.39 is 0 Å². The average Bonchev–Trinajstić information content (AvgIpc) is 2.70. The van der Waals surface area contributed by atoms with Crippen molar-refractivity contribution in [2.24, 2.45) is 7.05 Å². The monoisotopic (exact) mass is 291 g/mol. The first kappa shape index (κ1) is 13.5. The van der Waals surface area contributed by atoms with Gasteiger partial charge in [-0.1, -0.05) is 29.8 Å². The van der Waals surface area contributed by atoms with Crippen LogP contribution in [0, 0.1) is 6.92 Å². The Morgan fingerprint density at radius 2 is 2.25 bits per heavy atom. The molecule has 0 spiro atoms. The number of rotatable bonds is 3. The molecular formula is C15H18ClN3O. The first-order chi connectivity index (χ1) is 9.66. The van der Waals surface area contributed by atoms with Crippen LogP contribution in [0.25, 0.3) is 0 Å². The molecule has 4 nitrogen and oxygen atoms in total. The van der Waals surface area contributed by atoms with Gasteiger partial charge in [-0.15, -0.1) is 0 Å². The predicted molar refractivity (Wildman–Crippen MR) is 79.1 cm³/mol. The predicted octanol–water partition coefficient (Wildman–Crippen LogP) is 3.00. The number of nitrogens with zero attached hydrogens (tertiary/aromatic N) is 2. The number of hydrogen-bond acceptors (Lipinski definition) is 3. The van der Waals surface area contributed by atoms with E-state index >= 15 is 0 Å². The molecule has 106 valence electrons. The minimum atomic E-state index is 0.302. The molecule has 3 rings (SSSR count). The van der Waals surface area contributed by atoms with E-state index in [1.807, 2.05) is 32.2 Å². The van der Waals surface area contributed by atoms with Gasteiger partial charge in [0.05, 0.1) is 12.3 Å². The van der Waals surface area contributed by atoms with E-state index in [1.54, 1.807) is 4.68 Å². The number of para-hydroxylation sites is 1. The SMILES string of the molecule is Cc1nn(C)c(Cl)c1CN[C@@H]1CCOc2ccccc21. The summed E-state index contributed by atoms with van der Waals surface area (Å²) in [5, 5.41) is 8.61. The second-order valence-corrected chi connectivity index (χ2v) is 5.44. The Bertz CT molecular complexity index is 624. The van der Waals surface area contributed by atoms with Gasteiger partial charge in [-0.05, 0) is 13.0 Å². The lowest BCUT2D eigenvalue weighted by Gasteiger charge is -2.26. The zero-order valence-electron chi connectivity index (χ0n) is 11.7. The number of nitrogens with one attached hydrogen (secondary N) is 1. The first-order valence-corrected chi connectivity index (χ1v) is 7.17. The number of fused-ring (bicyclic) bond motifs is 1. The van der Waals surface area contributed by atoms with Gasteiger partial charge in [0.1, 0.15) is 10.9 Å². The molecule has 0 radical (unpaired) electrons. The summed E-state index contributed by atoms with van der Waals surface area (Å²) < 4.78 is 7.39. The van der Waals surface area contributed by atoms with Gasteiger partial charge in [0.15, 0.2) is 0 Å². The van der Waals surface area contributed by atoms with Crippen LogP contribution in [0.5, 0.6) is 5.75 Å².